The van der Waals surface area contributed by atoms with E-state index in [0.717, 1.165) is 0 Å². The van der Waals surface area contributed by atoms with Crippen molar-refractivity contribution in [3.05, 3.63) is 20.7 Å². The lowest BCUT2D eigenvalue weighted by Crippen LogP contribution is -2.07. The number of nitrogens with zero attached hydrogens (tertiary/aromatic N) is 2. The van der Waals surface area contributed by atoms with Gasteiger partial charge < -0.3 is 15.2 Å². The number of nitrogen functional groups attached to an aromatic ring is 1. The fourth-order valence-corrected chi connectivity index (χ4v) is 1.36. The van der Waals surface area contributed by atoms with Gasteiger partial charge in [0.25, 0.3) is 0 Å². The summed E-state index contributed by atoms with van der Waals surface area (Å²) in [4.78, 5) is 13.7. The van der Waals surface area contributed by atoms with Crippen LogP contribution in [-0.4, -0.2) is 30.2 Å². The van der Waals surface area contributed by atoms with Crippen LogP contribution in [0, 0.1) is 10.1 Å². The number of anilines is 1. The molecule has 0 unspecified atom stereocenters. The van der Waals surface area contributed by atoms with Crippen LogP contribution in [0.4, 0.5) is 11.5 Å². The third-order valence-corrected chi connectivity index (χ3v) is 2.24. The number of rotatable bonds is 5. The zero-order chi connectivity index (χ0) is 12.1. The van der Waals surface area contributed by atoms with E-state index in [1.54, 1.807) is 0 Å². The van der Waals surface area contributed by atoms with Gasteiger partial charge in [0.1, 0.15) is 6.61 Å². The normalized spacial score (nSPS) is 10.1. The molecule has 0 saturated carbocycles. The summed E-state index contributed by atoms with van der Waals surface area (Å²) < 4.78 is 10.4. The lowest BCUT2D eigenvalue weighted by molar-refractivity contribution is -0.384. The molecule has 0 aliphatic carbocycles. The Labute approximate surface area is 99.8 Å². The van der Waals surface area contributed by atoms with Gasteiger partial charge in [0.15, 0.2) is 0 Å². The molecule has 0 fully saturated rings. The number of aromatic nitrogens is 1. The van der Waals surface area contributed by atoms with Crippen LogP contribution in [-0.2, 0) is 4.74 Å². The Hall–Kier alpha value is -1.41. The van der Waals surface area contributed by atoms with Crippen molar-refractivity contribution in [1.82, 2.24) is 4.98 Å². The average Bonchev–Trinajstić information content (AvgIpc) is 2.22. The zero-order valence-corrected chi connectivity index (χ0v) is 10.1. The molecular formula is C8H10BrN3O4. The first-order valence-corrected chi connectivity index (χ1v) is 5.07. The van der Waals surface area contributed by atoms with E-state index in [-0.39, 0.29) is 17.4 Å². The molecular weight excluding hydrogens is 282 g/mol. The number of halogens is 1. The zero-order valence-electron chi connectivity index (χ0n) is 8.47. The highest BCUT2D eigenvalue weighted by molar-refractivity contribution is 9.10. The standard InChI is InChI=1S/C8H10BrN3O4/c1-15-2-3-16-8-5(9)4-6(12(13)14)7(10)11-8/h4H,2-3H2,1H3,(H2,10,11). The van der Waals surface area contributed by atoms with Gasteiger partial charge in [0.2, 0.25) is 11.7 Å². The van der Waals surface area contributed by atoms with E-state index in [1.165, 1.54) is 13.2 Å². The summed E-state index contributed by atoms with van der Waals surface area (Å²) >= 11 is 3.11. The summed E-state index contributed by atoms with van der Waals surface area (Å²) in [6, 6.07) is 1.25. The second kappa shape index (κ2) is 5.61. The molecule has 1 aromatic rings. The molecule has 1 rings (SSSR count). The van der Waals surface area contributed by atoms with E-state index in [2.05, 4.69) is 20.9 Å². The van der Waals surface area contributed by atoms with Gasteiger partial charge in [0, 0.05) is 13.2 Å². The van der Waals surface area contributed by atoms with Crippen LogP contribution in [0.25, 0.3) is 0 Å². The summed E-state index contributed by atoms with van der Waals surface area (Å²) in [5, 5.41) is 10.5. The lowest BCUT2D eigenvalue weighted by atomic mass is 10.4. The fraction of sp³-hybridized carbons (Fsp3) is 0.375. The summed E-state index contributed by atoms with van der Waals surface area (Å²) in [5.74, 6) is 0.0285. The van der Waals surface area contributed by atoms with Crippen molar-refractivity contribution in [2.24, 2.45) is 0 Å². The first-order chi connectivity index (χ1) is 7.56. The minimum absolute atomic E-state index is 0.180. The maximum atomic E-state index is 10.5. The summed E-state index contributed by atoms with van der Waals surface area (Å²) in [6.07, 6.45) is 0. The number of nitro groups is 1. The molecule has 0 amide bonds. The monoisotopic (exact) mass is 291 g/mol. The molecule has 0 aromatic carbocycles. The molecule has 88 valence electrons. The van der Waals surface area contributed by atoms with E-state index < -0.39 is 4.92 Å². The van der Waals surface area contributed by atoms with Gasteiger partial charge in [-0.25, -0.2) is 0 Å². The molecule has 0 radical (unpaired) electrons. The Morgan fingerprint density at radius 3 is 2.88 bits per heavy atom. The topological polar surface area (TPSA) is 101 Å². The van der Waals surface area contributed by atoms with Crippen LogP contribution >= 0.6 is 15.9 Å². The van der Waals surface area contributed by atoms with E-state index in [4.69, 9.17) is 15.2 Å². The van der Waals surface area contributed by atoms with Gasteiger partial charge in [0.05, 0.1) is 16.0 Å². The Bertz CT molecular complexity index is 399. The average molecular weight is 292 g/mol. The number of hydrogen-bond acceptors (Lipinski definition) is 6. The predicted octanol–water partition coefficient (Wildman–Crippen LogP) is 1.36. The van der Waals surface area contributed by atoms with E-state index >= 15 is 0 Å². The van der Waals surface area contributed by atoms with E-state index in [0.29, 0.717) is 17.7 Å². The molecule has 2 N–H and O–H groups in total. The lowest BCUT2D eigenvalue weighted by Gasteiger charge is -2.07. The van der Waals surface area contributed by atoms with Gasteiger partial charge >= 0.3 is 5.69 Å². The molecule has 8 heteroatoms. The second-order valence-electron chi connectivity index (χ2n) is 2.78. The SMILES string of the molecule is COCCOc1nc(N)c([N+](=O)[O-])cc1Br. The van der Waals surface area contributed by atoms with Gasteiger partial charge in [-0.2, -0.15) is 4.98 Å². The molecule has 0 saturated heterocycles. The number of hydrogen-bond donors (Lipinski definition) is 1. The minimum atomic E-state index is -0.605. The van der Waals surface area contributed by atoms with Crippen LogP contribution < -0.4 is 10.5 Å². The van der Waals surface area contributed by atoms with Crippen molar-refractivity contribution in [3.63, 3.8) is 0 Å². The van der Waals surface area contributed by atoms with Crippen molar-refractivity contribution < 1.29 is 14.4 Å². The second-order valence-corrected chi connectivity index (χ2v) is 3.63. The predicted molar refractivity (Wildman–Crippen MR) is 60.4 cm³/mol. The number of ether oxygens (including phenoxy) is 2. The quantitative estimate of drug-likeness (QED) is 0.499. The highest BCUT2D eigenvalue weighted by Crippen LogP contribution is 2.30. The molecule has 0 atom stereocenters. The number of pyridine rings is 1. The molecule has 1 aromatic heterocycles. The van der Waals surface area contributed by atoms with Crippen molar-refractivity contribution >= 4 is 27.4 Å². The van der Waals surface area contributed by atoms with Crippen LogP contribution in [0.5, 0.6) is 5.88 Å². The van der Waals surface area contributed by atoms with Crippen molar-refractivity contribution in [2.45, 2.75) is 0 Å². The Balaban J connectivity index is 2.88. The summed E-state index contributed by atoms with van der Waals surface area (Å²) in [5.41, 5.74) is 5.15. The van der Waals surface area contributed by atoms with Crippen LogP contribution in [0.1, 0.15) is 0 Å². The Kier molecular flexibility index (Phi) is 4.44. The first kappa shape index (κ1) is 12.7. The van der Waals surface area contributed by atoms with Gasteiger partial charge in [-0.3, -0.25) is 10.1 Å². The summed E-state index contributed by atoms with van der Waals surface area (Å²) in [6.45, 7) is 0.685. The number of methoxy groups -OCH3 is 1. The largest absolute Gasteiger partial charge is 0.474 e. The minimum Gasteiger partial charge on any atom is -0.474 e. The fourth-order valence-electron chi connectivity index (χ4n) is 0.945. The molecule has 7 nitrogen and oxygen atoms in total. The third kappa shape index (κ3) is 3.04. The van der Waals surface area contributed by atoms with Crippen molar-refractivity contribution in [3.8, 4) is 5.88 Å². The Morgan fingerprint density at radius 1 is 1.62 bits per heavy atom. The van der Waals surface area contributed by atoms with Gasteiger partial charge in [-0.15, -0.1) is 0 Å². The van der Waals surface area contributed by atoms with E-state index in [1.807, 2.05) is 0 Å². The maximum Gasteiger partial charge on any atom is 0.312 e. The van der Waals surface area contributed by atoms with Crippen LogP contribution in [0.2, 0.25) is 0 Å². The van der Waals surface area contributed by atoms with Crippen LogP contribution in [0.3, 0.4) is 0 Å². The van der Waals surface area contributed by atoms with Crippen molar-refractivity contribution in [1.29, 1.82) is 0 Å². The third-order valence-electron chi connectivity index (χ3n) is 1.68. The van der Waals surface area contributed by atoms with Gasteiger partial charge in [-0.05, 0) is 15.9 Å². The first-order valence-electron chi connectivity index (χ1n) is 4.28. The Morgan fingerprint density at radius 2 is 2.31 bits per heavy atom. The van der Waals surface area contributed by atoms with E-state index in [9.17, 15) is 10.1 Å². The molecule has 16 heavy (non-hydrogen) atoms. The maximum absolute atomic E-state index is 10.5. The van der Waals surface area contributed by atoms with Crippen molar-refractivity contribution in [2.75, 3.05) is 26.1 Å². The highest BCUT2D eigenvalue weighted by atomic mass is 79.9. The highest BCUT2D eigenvalue weighted by Gasteiger charge is 2.17. The summed E-state index contributed by atoms with van der Waals surface area (Å²) in [7, 11) is 1.54. The molecule has 0 bridgehead atoms. The molecule has 0 aliphatic heterocycles. The molecule has 0 spiro atoms. The van der Waals surface area contributed by atoms with Gasteiger partial charge in [-0.1, -0.05) is 0 Å². The number of nitrogens with two attached hydrogens (primary N) is 1. The molecule has 0 aliphatic rings. The van der Waals surface area contributed by atoms with Crippen LogP contribution in [0.15, 0.2) is 10.5 Å². The molecule has 1 heterocycles. The smallest absolute Gasteiger partial charge is 0.312 e.